The van der Waals surface area contributed by atoms with Gasteiger partial charge in [0.25, 0.3) is 5.79 Å². The molecule has 0 spiro atoms. The number of hydrogen-bond donors (Lipinski definition) is 16. The van der Waals surface area contributed by atoms with Crippen LogP contribution in [-0.2, 0) is 61.5 Å². The normalized spacial score (nSPS) is 45.6. The summed E-state index contributed by atoms with van der Waals surface area (Å²) in [5, 5.41) is 155. The molecule has 0 bridgehead atoms. The number of hydrogen-bond acceptors (Lipinski definition) is 26. The summed E-state index contributed by atoms with van der Waals surface area (Å²) in [6.45, 7) is 2.42. The van der Waals surface area contributed by atoms with Crippen molar-refractivity contribution in [2.75, 3.05) is 39.7 Å². The maximum atomic E-state index is 12.6. The Balaban J connectivity index is 1.38. The highest BCUT2D eigenvalue weighted by Gasteiger charge is 2.58. The standard InChI is InChI=1S/C40H70N2O27P2/c1-12-16(49)6-40(39(58)59,68-31(12)25(52)17(50)7-43)60-11-21-26(53)28(55)29(56)37(64-21)66-32-19(9-45)62-36(23(27(32)54)42-15(4)48)65-33-20(10-46)63-38(69-71(5)70)34(30(33)57)67-35-22(41-14(3)47)24(51)13(2)18(8-44)61-35/h12-13,16-38,43-46,49-57H,6-11,70H2,1-5H3,(H,41,47)(H,42,48)(H,58,59)/t12-,13-,16-,17-,18?,19?,20?,21?,22?,23?,24+,25-,26+,27-,28+,29?,30+,31?,32-,33-,34?,35+,36+,37+,38-,40-,71?/m1/s1. The lowest BCUT2D eigenvalue weighted by Gasteiger charge is -2.50. The van der Waals surface area contributed by atoms with E-state index in [1.54, 1.807) is 13.6 Å². The van der Waals surface area contributed by atoms with E-state index < -0.39 is 224 Å². The molecule has 0 aliphatic carbocycles. The zero-order valence-electron chi connectivity index (χ0n) is 39.3. The SMILES string of the molecule is CC(=O)NC1[C@H](OC2[C@@H](OP(C)P)OC(CO)[C@@H](O[C@@H]3OC(CO)[C@@H](O[C@@H]4OC(CO[C@]5(C(=O)O)C[C@@H](O)[C@@H](C)C([C@H](O)[C@H](O)CO)O5)[C@H](O)[C@H](O)C4O)[C@H](O)C3NC(C)=O)[C@@H]2O)OC(CO)[C@@H](C)[C@@H]1O. The Kier molecular flexibility index (Phi) is 22.0. The number of amides is 2. The number of carboxylic acid groups (broad SMARTS) is 1. The number of aliphatic hydroxyl groups excluding tert-OH is 13. The second-order valence-electron chi connectivity index (χ2n) is 18.3. The van der Waals surface area contributed by atoms with E-state index in [2.05, 4.69) is 19.6 Å². The second-order valence-corrected chi connectivity index (χ2v) is 21.7. The first-order valence-electron chi connectivity index (χ1n) is 22.7. The molecule has 71 heavy (non-hydrogen) atoms. The summed E-state index contributed by atoms with van der Waals surface area (Å²) in [5.74, 6) is -7.73. The molecule has 5 aliphatic rings. The average molecular weight is 1070 g/mol. The molecule has 0 aromatic carbocycles. The molecule has 31 heteroatoms. The van der Waals surface area contributed by atoms with Crippen LogP contribution in [0.2, 0.25) is 0 Å². The predicted octanol–water partition coefficient (Wildman–Crippen LogP) is -8.04. The van der Waals surface area contributed by atoms with Crippen LogP contribution in [0.4, 0.5) is 0 Å². The monoisotopic (exact) mass is 1070 g/mol. The summed E-state index contributed by atoms with van der Waals surface area (Å²) in [7, 11) is 1.03. The van der Waals surface area contributed by atoms with Crippen molar-refractivity contribution in [1.29, 1.82) is 0 Å². The summed E-state index contributed by atoms with van der Waals surface area (Å²) in [6.07, 6.45) is -37.4. The van der Waals surface area contributed by atoms with Crippen LogP contribution in [0.15, 0.2) is 0 Å². The molecule has 5 heterocycles. The molecule has 5 fully saturated rings. The average Bonchev–Trinajstić information content (AvgIpc) is 3.31. The maximum Gasteiger partial charge on any atom is 0.364 e. The van der Waals surface area contributed by atoms with Gasteiger partial charge in [-0.1, -0.05) is 22.8 Å². The summed E-state index contributed by atoms with van der Waals surface area (Å²) >= 11 is 0. The maximum absolute atomic E-state index is 12.6. The van der Waals surface area contributed by atoms with Crippen molar-refractivity contribution in [3.05, 3.63) is 0 Å². The van der Waals surface area contributed by atoms with E-state index in [9.17, 15) is 85.9 Å². The smallest absolute Gasteiger partial charge is 0.364 e. The Labute approximate surface area is 410 Å². The summed E-state index contributed by atoms with van der Waals surface area (Å²) in [4.78, 5) is 37.5. The van der Waals surface area contributed by atoms with E-state index in [0.29, 0.717) is 0 Å². The van der Waals surface area contributed by atoms with Crippen LogP contribution < -0.4 is 10.6 Å². The van der Waals surface area contributed by atoms with Gasteiger partial charge in [0.1, 0.15) is 91.4 Å². The molecule has 0 radical (unpaired) electrons. The molecular formula is C40H70N2O27P2. The number of carbonyl (C=O) groups excluding carboxylic acids is 2. The van der Waals surface area contributed by atoms with Crippen molar-refractivity contribution in [2.45, 2.75) is 181 Å². The van der Waals surface area contributed by atoms with Crippen LogP contribution in [0.25, 0.3) is 0 Å². The number of carboxylic acids is 1. The third-order valence-electron chi connectivity index (χ3n) is 13.1. The van der Waals surface area contributed by atoms with Gasteiger partial charge in [0.2, 0.25) is 11.8 Å². The second kappa shape index (κ2) is 25.9. The minimum atomic E-state index is -2.79. The fourth-order valence-electron chi connectivity index (χ4n) is 9.05. The number of aliphatic hydroxyl groups is 13. The first kappa shape index (κ1) is 60.2. The van der Waals surface area contributed by atoms with E-state index in [4.69, 9.17) is 47.2 Å². The Morgan fingerprint density at radius 3 is 1.68 bits per heavy atom. The fourth-order valence-corrected chi connectivity index (χ4v) is 9.91. The van der Waals surface area contributed by atoms with Gasteiger partial charge in [0, 0.05) is 39.9 Å². The first-order valence-corrected chi connectivity index (χ1v) is 26.1. The Morgan fingerprint density at radius 2 is 1.15 bits per heavy atom. The molecule has 0 aromatic heterocycles. The van der Waals surface area contributed by atoms with Crippen LogP contribution in [-0.4, -0.2) is 276 Å². The van der Waals surface area contributed by atoms with E-state index >= 15 is 0 Å². The molecule has 11 unspecified atom stereocenters. The van der Waals surface area contributed by atoms with Crippen LogP contribution in [0.3, 0.4) is 0 Å². The van der Waals surface area contributed by atoms with Crippen molar-refractivity contribution in [3.8, 4) is 0 Å². The number of nitrogens with one attached hydrogen (secondary N) is 2. The van der Waals surface area contributed by atoms with Crippen molar-refractivity contribution in [2.24, 2.45) is 11.8 Å². The molecule has 412 valence electrons. The van der Waals surface area contributed by atoms with Gasteiger partial charge in [-0.25, -0.2) is 4.79 Å². The Morgan fingerprint density at radius 1 is 0.662 bits per heavy atom. The quantitative estimate of drug-likeness (QED) is 0.0504. The van der Waals surface area contributed by atoms with Crippen molar-refractivity contribution >= 4 is 34.5 Å². The highest BCUT2D eigenvalue weighted by Crippen LogP contribution is 2.46. The van der Waals surface area contributed by atoms with E-state index in [1.165, 1.54) is 13.8 Å². The molecule has 5 rings (SSSR count). The lowest BCUT2D eigenvalue weighted by atomic mass is 9.84. The molecular weight excluding hydrogens is 1000 g/mol. The van der Waals surface area contributed by atoms with Gasteiger partial charge in [-0.15, -0.1) is 0 Å². The summed E-state index contributed by atoms with van der Waals surface area (Å²) in [6, 6.07) is -2.97. The molecule has 16 N–H and O–H groups in total. The van der Waals surface area contributed by atoms with E-state index in [-0.39, 0.29) is 0 Å². The highest BCUT2D eigenvalue weighted by atomic mass is 32.0. The van der Waals surface area contributed by atoms with Gasteiger partial charge >= 0.3 is 5.97 Å². The van der Waals surface area contributed by atoms with Gasteiger partial charge in [-0.05, 0) is 6.66 Å². The molecule has 29 nitrogen and oxygen atoms in total. The minimum absolute atomic E-state index is 0.578. The van der Waals surface area contributed by atoms with Crippen molar-refractivity contribution < 1.29 is 133 Å². The van der Waals surface area contributed by atoms with Crippen molar-refractivity contribution in [1.82, 2.24) is 10.6 Å². The summed E-state index contributed by atoms with van der Waals surface area (Å²) < 4.78 is 59.0. The predicted molar refractivity (Wildman–Crippen MR) is 235 cm³/mol. The number of ether oxygens (including phenoxy) is 9. The van der Waals surface area contributed by atoms with Gasteiger partial charge < -0.3 is 129 Å². The lowest BCUT2D eigenvalue weighted by molar-refractivity contribution is -0.377. The number of rotatable bonds is 20. The molecule has 5 saturated heterocycles. The third kappa shape index (κ3) is 13.7. The van der Waals surface area contributed by atoms with Gasteiger partial charge in [-0.2, -0.15) is 0 Å². The van der Waals surface area contributed by atoms with Crippen LogP contribution in [0.1, 0.15) is 34.1 Å². The molecule has 5 aliphatic heterocycles. The van der Waals surface area contributed by atoms with Crippen molar-refractivity contribution in [3.63, 3.8) is 0 Å². The molecule has 2 amide bonds. The third-order valence-corrected chi connectivity index (χ3v) is 14.0. The zero-order valence-corrected chi connectivity index (χ0v) is 41.3. The van der Waals surface area contributed by atoms with Crippen LogP contribution in [0, 0.1) is 11.8 Å². The largest absolute Gasteiger partial charge is 0.477 e. The fraction of sp³-hybridized carbons (Fsp3) is 0.925. The minimum Gasteiger partial charge on any atom is -0.477 e. The zero-order chi connectivity index (χ0) is 53.0. The molecule has 28 atom stereocenters. The Bertz CT molecular complexity index is 1740. The van der Waals surface area contributed by atoms with Gasteiger partial charge in [0.05, 0.1) is 57.5 Å². The molecule has 0 aromatic rings. The number of carbonyl (C=O) groups is 3. The highest BCUT2D eigenvalue weighted by molar-refractivity contribution is 8.10. The summed E-state index contributed by atoms with van der Waals surface area (Å²) in [5.41, 5.74) is 0. The molecule has 0 saturated carbocycles. The topological polar surface area (TPSA) is 451 Å². The van der Waals surface area contributed by atoms with Gasteiger partial charge in [-0.3, -0.25) is 9.59 Å². The number of aliphatic carboxylic acids is 1. The van der Waals surface area contributed by atoms with E-state index in [0.717, 1.165) is 6.92 Å². The van der Waals surface area contributed by atoms with E-state index in [1.807, 2.05) is 0 Å². The van der Waals surface area contributed by atoms with Crippen LogP contribution in [0.5, 0.6) is 0 Å². The van der Waals surface area contributed by atoms with Gasteiger partial charge in [0.15, 0.2) is 25.2 Å². The Hall–Kier alpha value is -1.65. The van der Waals surface area contributed by atoms with Crippen LogP contribution >= 0.6 is 16.8 Å². The first-order chi connectivity index (χ1) is 33.3. The lowest BCUT2D eigenvalue weighted by Crippen LogP contribution is -2.70.